The van der Waals surface area contributed by atoms with E-state index in [9.17, 15) is 9.59 Å². The van der Waals surface area contributed by atoms with E-state index in [2.05, 4.69) is 31.3 Å². The van der Waals surface area contributed by atoms with Crippen LogP contribution >= 0.6 is 11.8 Å². The zero-order chi connectivity index (χ0) is 18.7. The molecule has 2 aromatic rings. The van der Waals surface area contributed by atoms with E-state index < -0.39 is 0 Å². The molecule has 1 aliphatic rings. The van der Waals surface area contributed by atoms with Crippen molar-refractivity contribution in [1.82, 2.24) is 0 Å². The summed E-state index contributed by atoms with van der Waals surface area (Å²) in [6, 6.07) is 13.9. The van der Waals surface area contributed by atoms with Gasteiger partial charge in [-0.1, -0.05) is 26.0 Å². The minimum atomic E-state index is -0.0329. The summed E-state index contributed by atoms with van der Waals surface area (Å²) in [6.45, 7) is 4.33. The molecule has 0 aliphatic carbocycles. The fourth-order valence-corrected chi connectivity index (χ4v) is 3.92. The summed E-state index contributed by atoms with van der Waals surface area (Å²) in [4.78, 5) is 27.0. The number of carbonyl (C=O) groups is 2. The molecule has 1 heterocycles. The van der Waals surface area contributed by atoms with Crippen LogP contribution in [0.15, 0.2) is 47.4 Å². The normalized spacial score (nSPS) is 13.7. The van der Waals surface area contributed by atoms with Crippen LogP contribution in [0.1, 0.15) is 31.4 Å². The van der Waals surface area contributed by atoms with Crippen molar-refractivity contribution >= 4 is 35.0 Å². The van der Waals surface area contributed by atoms with Gasteiger partial charge < -0.3 is 10.2 Å². The zero-order valence-corrected chi connectivity index (χ0v) is 16.2. The van der Waals surface area contributed by atoms with Gasteiger partial charge >= 0.3 is 0 Å². The number of thioether (sulfide) groups is 1. The SMILES string of the molecule is CC(C)Sc1ccc(CC(=O)Nc2ccc3c(c2)CCC(=O)N3C)cc1. The number of rotatable bonds is 5. The molecular formula is C21H24N2O2S. The lowest BCUT2D eigenvalue weighted by molar-refractivity contribution is -0.118. The molecule has 0 aromatic heterocycles. The summed E-state index contributed by atoms with van der Waals surface area (Å²) >= 11 is 1.81. The Morgan fingerprint density at radius 3 is 2.58 bits per heavy atom. The van der Waals surface area contributed by atoms with Gasteiger partial charge in [0.05, 0.1) is 6.42 Å². The predicted molar refractivity (Wildman–Crippen MR) is 108 cm³/mol. The highest BCUT2D eigenvalue weighted by molar-refractivity contribution is 7.99. The Labute approximate surface area is 159 Å². The maximum Gasteiger partial charge on any atom is 0.228 e. The summed E-state index contributed by atoms with van der Waals surface area (Å²) in [5.74, 6) is 0.0998. The first-order chi connectivity index (χ1) is 12.4. The van der Waals surface area contributed by atoms with Crippen molar-refractivity contribution in [3.63, 3.8) is 0 Å². The Bertz CT molecular complexity index is 815. The Balaban J connectivity index is 1.62. The monoisotopic (exact) mass is 368 g/mol. The molecule has 5 heteroatoms. The van der Waals surface area contributed by atoms with Gasteiger partial charge in [-0.15, -0.1) is 11.8 Å². The maximum atomic E-state index is 12.3. The molecule has 0 saturated heterocycles. The lowest BCUT2D eigenvalue weighted by Gasteiger charge is -2.26. The van der Waals surface area contributed by atoms with Crippen molar-refractivity contribution in [2.75, 3.05) is 17.3 Å². The van der Waals surface area contributed by atoms with E-state index in [4.69, 9.17) is 0 Å². The number of aryl methyl sites for hydroxylation is 1. The van der Waals surface area contributed by atoms with Crippen molar-refractivity contribution in [3.8, 4) is 0 Å². The number of hydrogen-bond donors (Lipinski definition) is 1. The van der Waals surface area contributed by atoms with Gasteiger partial charge in [0.1, 0.15) is 0 Å². The van der Waals surface area contributed by atoms with Crippen molar-refractivity contribution in [2.45, 2.75) is 43.3 Å². The van der Waals surface area contributed by atoms with Crippen molar-refractivity contribution in [2.24, 2.45) is 0 Å². The van der Waals surface area contributed by atoms with Crippen LogP contribution in [0, 0.1) is 0 Å². The lowest BCUT2D eigenvalue weighted by atomic mass is 10.0. The van der Waals surface area contributed by atoms with E-state index in [-0.39, 0.29) is 11.8 Å². The van der Waals surface area contributed by atoms with E-state index in [1.54, 1.807) is 11.9 Å². The molecule has 3 rings (SSSR count). The van der Waals surface area contributed by atoms with Crippen molar-refractivity contribution < 1.29 is 9.59 Å². The third-order valence-electron chi connectivity index (χ3n) is 4.37. The summed E-state index contributed by atoms with van der Waals surface area (Å²) < 4.78 is 0. The van der Waals surface area contributed by atoms with Crippen LogP contribution in [0.25, 0.3) is 0 Å². The van der Waals surface area contributed by atoms with Gasteiger partial charge in [0.15, 0.2) is 0 Å². The van der Waals surface area contributed by atoms with Crippen LogP contribution in [-0.2, 0) is 22.4 Å². The van der Waals surface area contributed by atoms with Gasteiger partial charge in [-0.05, 0) is 47.9 Å². The van der Waals surface area contributed by atoms with Crippen LogP contribution in [0.2, 0.25) is 0 Å². The zero-order valence-electron chi connectivity index (χ0n) is 15.4. The summed E-state index contributed by atoms with van der Waals surface area (Å²) in [5, 5.41) is 3.51. The highest BCUT2D eigenvalue weighted by atomic mass is 32.2. The Kier molecular flexibility index (Phi) is 5.67. The van der Waals surface area contributed by atoms with Gasteiger partial charge in [0, 0.05) is 35.0 Å². The fraction of sp³-hybridized carbons (Fsp3) is 0.333. The van der Waals surface area contributed by atoms with Crippen LogP contribution in [-0.4, -0.2) is 24.1 Å². The number of benzene rings is 2. The van der Waals surface area contributed by atoms with Crippen molar-refractivity contribution in [1.29, 1.82) is 0 Å². The first kappa shape index (κ1) is 18.5. The number of anilines is 2. The van der Waals surface area contributed by atoms with E-state index in [1.165, 1.54) is 4.90 Å². The molecule has 0 atom stereocenters. The van der Waals surface area contributed by atoms with Crippen molar-refractivity contribution in [3.05, 3.63) is 53.6 Å². The summed E-state index contributed by atoms with van der Waals surface area (Å²) in [5.41, 5.74) is 3.81. The largest absolute Gasteiger partial charge is 0.326 e. The fourth-order valence-electron chi connectivity index (χ4n) is 3.08. The first-order valence-corrected chi connectivity index (χ1v) is 9.75. The highest BCUT2D eigenvalue weighted by Gasteiger charge is 2.21. The second-order valence-electron chi connectivity index (χ2n) is 6.83. The molecule has 2 amide bonds. The number of hydrogen-bond acceptors (Lipinski definition) is 3. The standard InChI is InChI=1S/C21H24N2O2S/c1-14(2)26-18-8-4-15(5-9-18)12-20(24)22-17-7-10-19-16(13-17)6-11-21(25)23(19)3/h4-5,7-10,13-14H,6,11-12H2,1-3H3,(H,22,24). The van der Waals surface area contributed by atoms with Gasteiger partial charge in [-0.2, -0.15) is 0 Å². The van der Waals surface area contributed by atoms with E-state index in [1.807, 2.05) is 42.1 Å². The molecule has 26 heavy (non-hydrogen) atoms. The molecule has 0 unspecified atom stereocenters. The smallest absolute Gasteiger partial charge is 0.228 e. The van der Waals surface area contributed by atoms with Crippen LogP contribution in [0.4, 0.5) is 11.4 Å². The highest BCUT2D eigenvalue weighted by Crippen LogP contribution is 2.29. The molecule has 0 radical (unpaired) electrons. The van der Waals surface area contributed by atoms with Gasteiger partial charge in [0.25, 0.3) is 0 Å². The molecule has 0 bridgehead atoms. The summed E-state index contributed by atoms with van der Waals surface area (Å²) in [7, 11) is 1.79. The number of nitrogens with one attached hydrogen (secondary N) is 1. The topological polar surface area (TPSA) is 49.4 Å². The average molecular weight is 369 g/mol. The number of nitrogens with zero attached hydrogens (tertiary/aromatic N) is 1. The number of fused-ring (bicyclic) bond motifs is 1. The van der Waals surface area contributed by atoms with Gasteiger partial charge in [-0.25, -0.2) is 0 Å². The maximum absolute atomic E-state index is 12.3. The Hall–Kier alpha value is -2.27. The molecule has 0 spiro atoms. The first-order valence-electron chi connectivity index (χ1n) is 8.87. The number of amides is 2. The Morgan fingerprint density at radius 1 is 1.15 bits per heavy atom. The summed E-state index contributed by atoms with van der Waals surface area (Å²) in [6.07, 6.45) is 1.58. The predicted octanol–water partition coefficient (Wildman–Crippen LogP) is 4.28. The van der Waals surface area contributed by atoms with Gasteiger partial charge in [0.2, 0.25) is 11.8 Å². The molecular weight excluding hydrogens is 344 g/mol. The molecule has 0 fully saturated rings. The van der Waals surface area contributed by atoms with Crippen LogP contribution < -0.4 is 10.2 Å². The third-order valence-corrected chi connectivity index (χ3v) is 5.38. The van der Waals surface area contributed by atoms with E-state index in [0.717, 1.165) is 28.9 Å². The van der Waals surface area contributed by atoms with Crippen LogP contribution in [0.3, 0.4) is 0 Å². The minimum absolute atomic E-state index is 0.0329. The average Bonchev–Trinajstić information content (AvgIpc) is 2.59. The number of carbonyl (C=O) groups excluding carboxylic acids is 2. The van der Waals surface area contributed by atoms with Gasteiger partial charge in [-0.3, -0.25) is 9.59 Å². The molecule has 1 N–H and O–H groups in total. The molecule has 0 saturated carbocycles. The molecule has 136 valence electrons. The third kappa shape index (κ3) is 4.47. The molecule has 4 nitrogen and oxygen atoms in total. The lowest BCUT2D eigenvalue weighted by Crippen LogP contribution is -2.31. The minimum Gasteiger partial charge on any atom is -0.326 e. The van der Waals surface area contributed by atoms with E-state index in [0.29, 0.717) is 18.1 Å². The Morgan fingerprint density at radius 2 is 1.88 bits per heavy atom. The van der Waals surface area contributed by atoms with Crippen LogP contribution in [0.5, 0.6) is 0 Å². The molecule has 2 aromatic carbocycles. The van der Waals surface area contributed by atoms with E-state index >= 15 is 0 Å². The molecule has 1 aliphatic heterocycles. The second kappa shape index (κ2) is 7.96. The quantitative estimate of drug-likeness (QED) is 0.802. The second-order valence-corrected chi connectivity index (χ2v) is 8.48.